The molecule has 0 aromatic heterocycles. The Balaban J connectivity index is 3.01. The summed E-state index contributed by atoms with van der Waals surface area (Å²) in [6, 6.07) is 0. The average molecular weight is 294 g/mol. The highest BCUT2D eigenvalue weighted by Crippen LogP contribution is 2.11. The SMILES string of the molecule is [CH2]CCCCCC/C=C/CCCCCCCCCCCC. The Morgan fingerprint density at radius 2 is 0.905 bits per heavy atom. The number of hydrogen-bond donors (Lipinski definition) is 0. The fourth-order valence-electron chi connectivity index (χ4n) is 2.78. The maximum atomic E-state index is 3.88. The molecule has 0 fully saturated rings. The Hall–Kier alpha value is -0.260. The van der Waals surface area contributed by atoms with Crippen molar-refractivity contribution in [2.75, 3.05) is 0 Å². The Morgan fingerprint density at radius 3 is 1.33 bits per heavy atom. The zero-order chi connectivity index (χ0) is 15.4. The molecule has 0 unspecified atom stereocenters. The Bertz CT molecular complexity index is 192. The van der Waals surface area contributed by atoms with E-state index in [1.165, 1.54) is 103 Å². The third kappa shape index (κ3) is 19.7. The molecule has 0 saturated heterocycles. The van der Waals surface area contributed by atoms with E-state index in [0.29, 0.717) is 0 Å². The van der Waals surface area contributed by atoms with E-state index in [9.17, 15) is 0 Å². The van der Waals surface area contributed by atoms with Crippen molar-refractivity contribution in [3.63, 3.8) is 0 Å². The molecule has 0 saturated carbocycles. The van der Waals surface area contributed by atoms with Crippen molar-refractivity contribution >= 4 is 0 Å². The van der Waals surface area contributed by atoms with Crippen LogP contribution in [0.5, 0.6) is 0 Å². The van der Waals surface area contributed by atoms with Crippen molar-refractivity contribution in [1.82, 2.24) is 0 Å². The molecule has 0 aliphatic rings. The smallest absolute Gasteiger partial charge is 0.0351 e. The van der Waals surface area contributed by atoms with Gasteiger partial charge in [-0.1, -0.05) is 109 Å². The zero-order valence-electron chi connectivity index (χ0n) is 14.9. The lowest BCUT2D eigenvalue weighted by Gasteiger charge is -2.01. The van der Waals surface area contributed by atoms with Gasteiger partial charge in [0.15, 0.2) is 0 Å². The van der Waals surface area contributed by atoms with E-state index in [1.807, 2.05) is 0 Å². The largest absolute Gasteiger partial charge is 0.0885 e. The minimum atomic E-state index is 1.11. The predicted molar refractivity (Wildman–Crippen MR) is 98.7 cm³/mol. The van der Waals surface area contributed by atoms with Gasteiger partial charge in [-0.3, -0.25) is 0 Å². The summed E-state index contributed by atoms with van der Waals surface area (Å²) < 4.78 is 0. The molecule has 0 heteroatoms. The first-order valence-corrected chi connectivity index (χ1v) is 9.86. The van der Waals surface area contributed by atoms with Gasteiger partial charge in [0.05, 0.1) is 0 Å². The van der Waals surface area contributed by atoms with E-state index < -0.39 is 0 Å². The van der Waals surface area contributed by atoms with Crippen LogP contribution >= 0.6 is 0 Å². The second-order valence-electron chi connectivity index (χ2n) is 6.50. The molecule has 0 amide bonds. The lowest BCUT2D eigenvalue weighted by atomic mass is 10.1. The topological polar surface area (TPSA) is 0 Å². The lowest BCUT2D eigenvalue weighted by molar-refractivity contribution is 0.557. The summed E-state index contributed by atoms with van der Waals surface area (Å²) >= 11 is 0. The highest BCUT2D eigenvalue weighted by atomic mass is 14.0. The first kappa shape index (κ1) is 20.7. The molecule has 0 nitrogen and oxygen atoms in total. The minimum absolute atomic E-state index is 1.11. The van der Waals surface area contributed by atoms with Crippen molar-refractivity contribution in [3.05, 3.63) is 19.1 Å². The average Bonchev–Trinajstić information content (AvgIpc) is 2.50. The molecule has 125 valence electrons. The van der Waals surface area contributed by atoms with Gasteiger partial charge in [0.2, 0.25) is 0 Å². The summed E-state index contributed by atoms with van der Waals surface area (Å²) in [4.78, 5) is 0. The molecule has 0 N–H and O–H groups in total. The van der Waals surface area contributed by atoms with Crippen molar-refractivity contribution in [1.29, 1.82) is 0 Å². The van der Waals surface area contributed by atoms with Gasteiger partial charge in [0.25, 0.3) is 0 Å². The van der Waals surface area contributed by atoms with Gasteiger partial charge in [-0.25, -0.2) is 0 Å². The fourth-order valence-corrected chi connectivity index (χ4v) is 2.78. The molecule has 0 aliphatic carbocycles. The normalized spacial score (nSPS) is 11.5. The number of unbranched alkanes of at least 4 members (excludes halogenated alkanes) is 15. The second kappa shape index (κ2) is 19.7. The van der Waals surface area contributed by atoms with E-state index in [0.717, 1.165) is 6.42 Å². The first-order valence-electron chi connectivity index (χ1n) is 9.86. The first-order chi connectivity index (χ1) is 10.4. The van der Waals surface area contributed by atoms with Crippen molar-refractivity contribution in [2.24, 2.45) is 0 Å². The standard InChI is InChI=1S/C21H41/c1-3-5-7-9-11-13-15-17-19-21-20-18-16-14-12-10-8-6-4-2/h15,17H,1,3-14,16,18-21H2,2H3/b17-15+. The Morgan fingerprint density at radius 1 is 0.524 bits per heavy atom. The summed E-state index contributed by atoms with van der Waals surface area (Å²) in [6.07, 6.45) is 28.3. The van der Waals surface area contributed by atoms with Crippen molar-refractivity contribution in [3.8, 4) is 0 Å². The van der Waals surface area contributed by atoms with Gasteiger partial charge >= 0.3 is 0 Å². The maximum Gasteiger partial charge on any atom is -0.0351 e. The van der Waals surface area contributed by atoms with Crippen LogP contribution in [0.3, 0.4) is 0 Å². The monoisotopic (exact) mass is 293 g/mol. The van der Waals surface area contributed by atoms with Gasteiger partial charge in [-0.2, -0.15) is 0 Å². The van der Waals surface area contributed by atoms with Crippen LogP contribution < -0.4 is 0 Å². The van der Waals surface area contributed by atoms with E-state index in [2.05, 4.69) is 26.0 Å². The van der Waals surface area contributed by atoms with E-state index in [1.54, 1.807) is 0 Å². The predicted octanol–water partition coefficient (Wildman–Crippen LogP) is 8.03. The third-order valence-electron chi connectivity index (χ3n) is 4.26. The molecule has 0 bridgehead atoms. The van der Waals surface area contributed by atoms with E-state index in [-0.39, 0.29) is 0 Å². The molecule has 0 spiro atoms. The maximum absolute atomic E-state index is 3.88. The minimum Gasteiger partial charge on any atom is -0.0885 e. The van der Waals surface area contributed by atoms with Gasteiger partial charge in [-0.15, -0.1) is 0 Å². The molecular formula is C21H41. The summed E-state index contributed by atoms with van der Waals surface area (Å²) in [5.41, 5.74) is 0. The third-order valence-corrected chi connectivity index (χ3v) is 4.26. The summed E-state index contributed by atoms with van der Waals surface area (Å²) in [7, 11) is 0. The molecule has 1 radical (unpaired) electrons. The van der Waals surface area contributed by atoms with Gasteiger partial charge in [0, 0.05) is 0 Å². The van der Waals surface area contributed by atoms with Crippen molar-refractivity contribution < 1.29 is 0 Å². The highest BCUT2D eigenvalue weighted by Gasteiger charge is 1.92. The zero-order valence-corrected chi connectivity index (χ0v) is 14.9. The number of allylic oxidation sites excluding steroid dienone is 2. The molecule has 0 aromatic carbocycles. The lowest BCUT2D eigenvalue weighted by Crippen LogP contribution is -1.81. The van der Waals surface area contributed by atoms with Crippen LogP contribution in [0.1, 0.15) is 116 Å². The number of hydrogen-bond acceptors (Lipinski definition) is 0. The van der Waals surface area contributed by atoms with Gasteiger partial charge in [-0.05, 0) is 25.7 Å². The summed E-state index contributed by atoms with van der Waals surface area (Å²) in [6.45, 7) is 6.17. The molecule has 0 rings (SSSR count). The van der Waals surface area contributed by atoms with Crippen LogP contribution in [0.2, 0.25) is 0 Å². The molecule has 21 heavy (non-hydrogen) atoms. The Labute approximate surface area is 135 Å². The highest BCUT2D eigenvalue weighted by molar-refractivity contribution is 4.81. The van der Waals surface area contributed by atoms with Crippen LogP contribution in [-0.2, 0) is 0 Å². The van der Waals surface area contributed by atoms with Crippen LogP contribution in [0.15, 0.2) is 12.2 Å². The molecule has 0 heterocycles. The van der Waals surface area contributed by atoms with E-state index >= 15 is 0 Å². The molecular weight excluding hydrogens is 252 g/mol. The summed E-state index contributed by atoms with van der Waals surface area (Å²) in [5.74, 6) is 0. The number of rotatable bonds is 17. The van der Waals surface area contributed by atoms with Crippen molar-refractivity contribution in [2.45, 2.75) is 116 Å². The molecule has 0 aromatic rings. The van der Waals surface area contributed by atoms with Crippen LogP contribution in [0.25, 0.3) is 0 Å². The van der Waals surface area contributed by atoms with Gasteiger partial charge in [0.1, 0.15) is 0 Å². The van der Waals surface area contributed by atoms with E-state index in [4.69, 9.17) is 0 Å². The summed E-state index contributed by atoms with van der Waals surface area (Å²) in [5, 5.41) is 0. The second-order valence-corrected chi connectivity index (χ2v) is 6.50. The Kier molecular flexibility index (Phi) is 19.5. The van der Waals surface area contributed by atoms with Crippen LogP contribution in [0, 0.1) is 6.92 Å². The molecule has 0 atom stereocenters. The molecule has 0 aliphatic heterocycles. The van der Waals surface area contributed by atoms with Gasteiger partial charge < -0.3 is 0 Å². The quantitative estimate of drug-likeness (QED) is 0.188. The van der Waals surface area contributed by atoms with Crippen LogP contribution in [-0.4, -0.2) is 0 Å². The fraction of sp³-hybridized carbons (Fsp3) is 0.857. The van der Waals surface area contributed by atoms with Crippen LogP contribution in [0.4, 0.5) is 0 Å².